The van der Waals surface area contributed by atoms with Crippen molar-refractivity contribution in [2.24, 2.45) is 0 Å². The van der Waals surface area contributed by atoms with Crippen molar-refractivity contribution >= 4 is 20.1 Å². The normalized spacial score (nSPS) is 12.9. The minimum Gasteiger partial charge on any atom is -0.270 e. The minimum atomic E-state index is -3.46. The van der Waals surface area contributed by atoms with Gasteiger partial charge in [-0.05, 0) is 5.56 Å². The van der Waals surface area contributed by atoms with E-state index in [1.807, 2.05) is 0 Å². The standard InChI is InChI=1S/C7H12N2O5S2/c1-15(10,11)9-6-7(5-8-9)3-4-14-16(2,12)13/h5-6H,3-4H2,1-2H3. The summed E-state index contributed by atoms with van der Waals surface area (Å²) in [4.78, 5) is 0. The molecule has 0 saturated carbocycles. The van der Waals surface area contributed by atoms with Gasteiger partial charge in [-0.25, -0.2) is 8.42 Å². The zero-order valence-corrected chi connectivity index (χ0v) is 10.5. The van der Waals surface area contributed by atoms with Crippen molar-refractivity contribution in [3.05, 3.63) is 18.0 Å². The fourth-order valence-electron chi connectivity index (χ4n) is 0.961. The number of nitrogens with zero attached hydrogens (tertiary/aromatic N) is 2. The van der Waals surface area contributed by atoms with Gasteiger partial charge < -0.3 is 0 Å². The summed E-state index contributed by atoms with van der Waals surface area (Å²) in [5.74, 6) is 0. The van der Waals surface area contributed by atoms with Crippen LogP contribution in [0.5, 0.6) is 0 Å². The Labute approximate surface area is 94.2 Å². The third kappa shape index (κ3) is 4.29. The van der Waals surface area contributed by atoms with E-state index in [9.17, 15) is 16.8 Å². The summed E-state index contributed by atoms with van der Waals surface area (Å²) in [7, 11) is -6.85. The lowest BCUT2D eigenvalue weighted by molar-refractivity contribution is 0.326. The Hall–Kier alpha value is -0.930. The highest BCUT2D eigenvalue weighted by atomic mass is 32.2. The van der Waals surface area contributed by atoms with Crippen LogP contribution in [0.25, 0.3) is 0 Å². The van der Waals surface area contributed by atoms with Gasteiger partial charge >= 0.3 is 0 Å². The van der Waals surface area contributed by atoms with Crippen LogP contribution < -0.4 is 0 Å². The maximum atomic E-state index is 11.1. The van der Waals surface area contributed by atoms with Crippen LogP contribution in [0.3, 0.4) is 0 Å². The van der Waals surface area contributed by atoms with E-state index in [2.05, 4.69) is 9.28 Å². The minimum absolute atomic E-state index is 0.0334. The molecule has 0 aliphatic heterocycles. The van der Waals surface area contributed by atoms with E-state index in [-0.39, 0.29) is 13.0 Å². The molecule has 0 spiro atoms. The fraction of sp³-hybridized carbons (Fsp3) is 0.571. The lowest BCUT2D eigenvalue weighted by Crippen LogP contribution is -2.10. The fourth-order valence-corrected chi connectivity index (χ4v) is 1.89. The summed E-state index contributed by atoms with van der Waals surface area (Å²) in [6, 6.07) is 0. The Morgan fingerprint density at radius 2 is 1.94 bits per heavy atom. The van der Waals surface area contributed by atoms with Gasteiger partial charge in [-0.3, -0.25) is 4.18 Å². The molecule has 0 aliphatic carbocycles. The Kier molecular flexibility index (Phi) is 3.71. The molecule has 0 amide bonds. The van der Waals surface area contributed by atoms with E-state index in [0.717, 1.165) is 16.6 Å². The van der Waals surface area contributed by atoms with Gasteiger partial charge in [0.15, 0.2) is 0 Å². The van der Waals surface area contributed by atoms with Gasteiger partial charge in [-0.15, -0.1) is 0 Å². The highest BCUT2D eigenvalue weighted by Crippen LogP contribution is 2.02. The second-order valence-electron chi connectivity index (χ2n) is 3.26. The van der Waals surface area contributed by atoms with E-state index in [1.165, 1.54) is 12.4 Å². The van der Waals surface area contributed by atoms with Crippen molar-refractivity contribution in [2.75, 3.05) is 19.1 Å². The van der Waals surface area contributed by atoms with Gasteiger partial charge in [0.1, 0.15) is 0 Å². The molecule has 9 heteroatoms. The lowest BCUT2D eigenvalue weighted by Gasteiger charge is -1.98. The van der Waals surface area contributed by atoms with E-state index < -0.39 is 20.1 Å². The second-order valence-corrected chi connectivity index (χ2v) is 6.74. The number of rotatable bonds is 5. The molecule has 0 aliphatic rings. The summed E-state index contributed by atoms with van der Waals surface area (Å²) in [5, 5.41) is 3.63. The molecule has 0 aromatic carbocycles. The summed E-state index contributed by atoms with van der Waals surface area (Å²) in [6.07, 6.45) is 4.93. The first-order chi connectivity index (χ1) is 7.18. The molecule has 0 bridgehead atoms. The van der Waals surface area contributed by atoms with Crippen LogP contribution in [-0.4, -0.2) is 45.1 Å². The third-order valence-corrected chi connectivity index (χ3v) is 3.12. The molecule has 0 saturated heterocycles. The predicted octanol–water partition coefficient (Wildman–Crippen LogP) is -0.790. The van der Waals surface area contributed by atoms with E-state index in [0.29, 0.717) is 5.56 Å². The molecular formula is C7H12N2O5S2. The quantitative estimate of drug-likeness (QED) is 0.649. The van der Waals surface area contributed by atoms with Gasteiger partial charge in [0, 0.05) is 12.6 Å². The van der Waals surface area contributed by atoms with Crippen molar-refractivity contribution in [2.45, 2.75) is 6.42 Å². The Morgan fingerprint density at radius 1 is 1.31 bits per heavy atom. The average Bonchev–Trinajstić information content (AvgIpc) is 2.49. The molecule has 0 radical (unpaired) electrons. The summed E-state index contributed by atoms with van der Waals surface area (Å²) in [6.45, 7) is -0.0334. The van der Waals surface area contributed by atoms with Gasteiger partial charge in [0.2, 0.25) is 0 Å². The maximum absolute atomic E-state index is 11.1. The lowest BCUT2D eigenvalue weighted by atomic mass is 10.3. The molecule has 1 aromatic rings. The van der Waals surface area contributed by atoms with Crippen LogP contribution in [0.1, 0.15) is 5.56 Å². The predicted molar refractivity (Wildman–Crippen MR) is 57.0 cm³/mol. The zero-order valence-electron chi connectivity index (χ0n) is 8.82. The molecule has 92 valence electrons. The van der Waals surface area contributed by atoms with Crippen molar-refractivity contribution in [1.29, 1.82) is 0 Å². The molecule has 1 aromatic heterocycles. The topological polar surface area (TPSA) is 95.3 Å². The monoisotopic (exact) mass is 268 g/mol. The molecule has 0 unspecified atom stereocenters. The van der Waals surface area contributed by atoms with Crippen LogP contribution in [0.15, 0.2) is 12.4 Å². The molecule has 7 nitrogen and oxygen atoms in total. The van der Waals surface area contributed by atoms with Gasteiger partial charge in [0.25, 0.3) is 20.1 Å². The molecule has 1 rings (SSSR count). The Morgan fingerprint density at radius 3 is 2.38 bits per heavy atom. The van der Waals surface area contributed by atoms with Gasteiger partial charge in [0.05, 0.1) is 25.3 Å². The first-order valence-electron chi connectivity index (χ1n) is 4.27. The first-order valence-corrected chi connectivity index (χ1v) is 7.93. The van der Waals surface area contributed by atoms with Crippen molar-refractivity contribution < 1.29 is 21.0 Å². The molecular weight excluding hydrogens is 256 g/mol. The van der Waals surface area contributed by atoms with Crippen LogP contribution in [0, 0.1) is 0 Å². The maximum Gasteiger partial charge on any atom is 0.264 e. The Bertz CT molecular complexity index is 557. The van der Waals surface area contributed by atoms with Crippen LogP contribution in [0.2, 0.25) is 0 Å². The summed E-state index contributed by atoms with van der Waals surface area (Å²) >= 11 is 0. The SMILES string of the molecule is CS(=O)(=O)OCCc1cnn(S(C)(=O)=O)c1. The van der Waals surface area contributed by atoms with E-state index in [4.69, 9.17) is 0 Å². The van der Waals surface area contributed by atoms with Crippen molar-refractivity contribution in [1.82, 2.24) is 9.19 Å². The molecule has 0 atom stereocenters. The largest absolute Gasteiger partial charge is 0.270 e. The molecule has 0 N–H and O–H groups in total. The third-order valence-electron chi connectivity index (χ3n) is 1.64. The first kappa shape index (κ1) is 13.1. The number of aromatic nitrogens is 2. The second kappa shape index (κ2) is 4.52. The Balaban J connectivity index is 2.61. The molecule has 1 heterocycles. The van der Waals surface area contributed by atoms with Gasteiger partial charge in [-0.1, -0.05) is 0 Å². The summed E-state index contributed by atoms with van der Waals surface area (Å²) in [5.41, 5.74) is 0.592. The average molecular weight is 268 g/mol. The molecule has 16 heavy (non-hydrogen) atoms. The molecule has 0 fully saturated rings. The summed E-state index contributed by atoms with van der Waals surface area (Å²) < 4.78 is 48.7. The van der Waals surface area contributed by atoms with Crippen LogP contribution in [0.4, 0.5) is 0 Å². The van der Waals surface area contributed by atoms with E-state index >= 15 is 0 Å². The van der Waals surface area contributed by atoms with E-state index in [1.54, 1.807) is 0 Å². The van der Waals surface area contributed by atoms with Crippen molar-refractivity contribution in [3.63, 3.8) is 0 Å². The van der Waals surface area contributed by atoms with Crippen molar-refractivity contribution in [3.8, 4) is 0 Å². The van der Waals surface area contributed by atoms with Crippen LogP contribution >= 0.6 is 0 Å². The smallest absolute Gasteiger partial charge is 0.264 e. The highest BCUT2D eigenvalue weighted by Gasteiger charge is 2.08. The zero-order chi connectivity index (χ0) is 12.4. The highest BCUT2D eigenvalue weighted by molar-refractivity contribution is 7.89. The number of hydrogen-bond acceptors (Lipinski definition) is 6. The van der Waals surface area contributed by atoms with Gasteiger partial charge in [-0.2, -0.15) is 17.6 Å². The van der Waals surface area contributed by atoms with Crippen LogP contribution in [-0.2, 0) is 30.7 Å². The number of hydrogen-bond donors (Lipinski definition) is 0.